The van der Waals surface area contributed by atoms with Gasteiger partial charge in [-0.1, -0.05) is 12.1 Å². The van der Waals surface area contributed by atoms with E-state index in [0.717, 1.165) is 29.8 Å². The number of carbonyl (C=O) groups is 1. The molecule has 2 rings (SSSR count). The molecule has 2 N–H and O–H groups in total. The van der Waals surface area contributed by atoms with E-state index in [1.807, 2.05) is 30.0 Å². The van der Waals surface area contributed by atoms with Gasteiger partial charge in [-0.15, -0.1) is 12.4 Å². The molecular weight excluding hydrogens is 212 g/mol. The summed E-state index contributed by atoms with van der Waals surface area (Å²) < 4.78 is 0. The van der Waals surface area contributed by atoms with Gasteiger partial charge in [-0.2, -0.15) is 0 Å². The van der Waals surface area contributed by atoms with E-state index in [4.69, 9.17) is 5.73 Å². The van der Waals surface area contributed by atoms with Gasteiger partial charge in [-0.25, -0.2) is 0 Å². The zero-order valence-electron chi connectivity index (χ0n) is 8.69. The third-order valence-corrected chi connectivity index (χ3v) is 2.67. The van der Waals surface area contributed by atoms with Gasteiger partial charge in [0.2, 0.25) is 0 Å². The zero-order valence-corrected chi connectivity index (χ0v) is 9.51. The predicted molar refractivity (Wildman–Crippen MR) is 62.0 cm³/mol. The Kier molecular flexibility index (Phi) is 3.72. The SMILES string of the molecule is CCN1Cc2cc(CN)ccc2C1=O.Cl. The molecule has 1 aliphatic rings. The minimum atomic E-state index is 0. The highest BCUT2D eigenvalue weighted by Gasteiger charge is 2.25. The fourth-order valence-corrected chi connectivity index (χ4v) is 1.82. The highest BCUT2D eigenvalue weighted by molar-refractivity contribution is 5.98. The number of hydrogen-bond donors (Lipinski definition) is 1. The van der Waals surface area contributed by atoms with E-state index < -0.39 is 0 Å². The van der Waals surface area contributed by atoms with Crippen LogP contribution in [0.25, 0.3) is 0 Å². The van der Waals surface area contributed by atoms with E-state index in [2.05, 4.69) is 0 Å². The number of hydrogen-bond acceptors (Lipinski definition) is 2. The van der Waals surface area contributed by atoms with Crippen molar-refractivity contribution in [2.24, 2.45) is 5.73 Å². The molecule has 0 unspecified atom stereocenters. The molecule has 0 bridgehead atoms. The van der Waals surface area contributed by atoms with Crippen LogP contribution in [0.15, 0.2) is 18.2 Å². The fourth-order valence-electron chi connectivity index (χ4n) is 1.82. The summed E-state index contributed by atoms with van der Waals surface area (Å²) in [5.41, 5.74) is 8.59. The number of halogens is 1. The van der Waals surface area contributed by atoms with Crippen molar-refractivity contribution >= 4 is 18.3 Å². The van der Waals surface area contributed by atoms with Crippen molar-refractivity contribution in [3.8, 4) is 0 Å². The van der Waals surface area contributed by atoms with Gasteiger partial charge < -0.3 is 10.6 Å². The molecule has 4 heteroatoms. The molecule has 1 aromatic carbocycles. The predicted octanol–water partition coefficient (Wildman–Crippen LogP) is 1.54. The quantitative estimate of drug-likeness (QED) is 0.832. The Labute approximate surface area is 95.7 Å². The van der Waals surface area contributed by atoms with E-state index in [1.165, 1.54) is 0 Å². The number of benzene rings is 1. The molecule has 0 radical (unpaired) electrons. The number of nitrogens with two attached hydrogens (primary N) is 1. The largest absolute Gasteiger partial charge is 0.335 e. The molecule has 0 spiro atoms. The van der Waals surface area contributed by atoms with Gasteiger partial charge in [0.25, 0.3) is 5.91 Å². The van der Waals surface area contributed by atoms with Crippen molar-refractivity contribution in [3.05, 3.63) is 34.9 Å². The van der Waals surface area contributed by atoms with Crippen LogP contribution >= 0.6 is 12.4 Å². The third-order valence-electron chi connectivity index (χ3n) is 2.67. The topological polar surface area (TPSA) is 46.3 Å². The second-order valence-corrected chi connectivity index (χ2v) is 3.51. The summed E-state index contributed by atoms with van der Waals surface area (Å²) in [7, 11) is 0. The first-order valence-corrected chi connectivity index (χ1v) is 4.87. The monoisotopic (exact) mass is 226 g/mol. The lowest BCUT2D eigenvalue weighted by Crippen LogP contribution is -2.22. The van der Waals surface area contributed by atoms with E-state index >= 15 is 0 Å². The van der Waals surface area contributed by atoms with Crippen molar-refractivity contribution in [1.82, 2.24) is 4.90 Å². The van der Waals surface area contributed by atoms with Gasteiger partial charge in [0.1, 0.15) is 0 Å². The van der Waals surface area contributed by atoms with Gasteiger partial charge in [0, 0.05) is 25.2 Å². The zero-order chi connectivity index (χ0) is 10.1. The summed E-state index contributed by atoms with van der Waals surface area (Å²) in [6, 6.07) is 5.84. The van der Waals surface area contributed by atoms with Gasteiger partial charge in [0.05, 0.1) is 0 Å². The average molecular weight is 227 g/mol. The maximum absolute atomic E-state index is 11.7. The Hall–Kier alpha value is -1.06. The fraction of sp³-hybridized carbons (Fsp3) is 0.364. The second kappa shape index (κ2) is 4.64. The van der Waals surface area contributed by atoms with Gasteiger partial charge in [-0.05, 0) is 24.1 Å². The van der Waals surface area contributed by atoms with E-state index in [-0.39, 0.29) is 18.3 Å². The molecule has 15 heavy (non-hydrogen) atoms. The molecule has 0 aromatic heterocycles. The van der Waals surface area contributed by atoms with Crippen molar-refractivity contribution in [2.45, 2.75) is 20.0 Å². The molecule has 0 fully saturated rings. The van der Waals surface area contributed by atoms with Crippen LogP contribution in [0, 0.1) is 0 Å². The van der Waals surface area contributed by atoms with Crippen molar-refractivity contribution < 1.29 is 4.79 Å². The van der Waals surface area contributed by atoms with Crippen molar-refractivity contribution in [1.29, 1.82) is 0 Å². The first-order valence-electron chi connectivity index (χ1n) is 4.87. The normalized spacial score (nSPS) is 13.7. The smallest absolute Gasteiger partial charge is 0.254 e. The summed E-state index contributed by atoms with van der Waals surface area (Å²) in [5.74, 6) is 0.145. The van der Waals surface area contributed by atoms with Crippen LogP contribution in [0.1, 0.15) is 28.4 Å². The number of rotatable bonds is 2. The van der Waals surface area contributed by atoms with Crippen LogP contribution in [-0.2, 0) is 13.1 Å². The van der Waals surface area contributed by atoms with E-state index in [9.17, 15) is 4.79 Å². The van der Waals surface area contributed by atoms with Crippen LogP contribution < -0.4 is 5.73 Å². The highest BCUT2D eigenvalue weighted by Crippen LogP contribution is 2.23. The number of nitrogens with zero attached hydrogens (tertiary/aromatic N) is 1. The van der Waals surface area contributed by atoms with Crippen molar-refractivity contribution in [2.75, 3.05) is 6.54 Å². The number of fused-ring (bicyclic) bond motifs is 1. The van der Waals surface area contributed by atoms with Crippen LogP contribution in [0.5, 0.6) is 0 Å². The number of amides is 1. The molecule has 1 amide bonds. The van der Waals surface area contributed by atoms with Crippen LogP contribution in [0.2, 0.25) is 0 Å². The molecule has 0 atom stereocenters. The summed E-state index contributed by atoms with van der Waals surface area (Å²) >= 11 is 0. The maximum Gasteiger partial charge on any atom is 0.254 e. The van der Waals surface area contributed by atoms with Gasteiger partial charge >= 0.3 is 0 Å². The minimum absolute atomic E-state index is 0. The molecule has 1 heterocycles. The summed E-state index contributed by atoms with van der Waals surface area (Å²) in [5, 5.41) is 0. The molecule has 82 valence electrons. The highest BCUT2D eigenvalue weighted by atomic mass is 35.5. The molecule has 0 saturated heterocycles. The molecule has 1 aromatic rings. The lowest BCUT2D eigenvalue weighted by molar-refractivity contribution is 0.0787. The molecule has 0 aliphatic carbocycles. The van der Waals surface area contributed by atoms with Crippen LogP contribution in [-0.4, -0.2) is 17.4 Å². The Bertz CT molecular complexity index is 379. The third kappa shape index (κ3) is 1.98. The second-order valence-electron chi connectivity index (χ2n) is 3.51. The van der Waals surface area contributed by atoms with Crippen LogP contribution in [0.4, 0.5) is 0 Å². The Morgan fingerprint density at radius 2 is 2.20 bits per heavy atom. The minimum Gasteiger partial charge on any atom is -0.335 e. The van der Waals surface area contributed by atoms with Crippen LogP contribution in [0.3, 0.4) is 0 Å². The maximum atomic E-state index is 11.7. The lowest BCUT2D eigenvalue weighted by Gasteiger charge is -2.10. The summed E-state index contributed by atoms with van der Waals surface area (Å²) in [6.45, 7) is 4.03. The number of carbonyl (C=O) groups excluding carboxylic acids is 1. The van der Waals surface area contributed by atoms with Gasteiger partial charge in [-0.3, -0.25) is 4.79 Å². The Morgan fingerprint density at radius 1 is 1.47 bits per heavy atom. The first-order chi connectivity index (χ1) is 6.76. The molecule has 3 nitrogen and oxygen atoms in total. The summed E-state index contributed by atoms with van der Waals surface area (Å²) in [4.78, 5) is 13.6. The molecule has 0 saturated carbocycles. The standard InChI is InChI=1S/C11H14N2O.ClH/c1-2-13-7-9-5-8(6-12)3-4-10(9)11(13)14;/h3-5H,2,6-7,12H2,1H3;1H. The molecule has 1 aliphatic heterocycles. The lowest BCUT2D eigenvalue weighted by atomic mass is 10.1. The van der Waals surface area contributed by atoms with E-state index in [0.29, 0.717) is 6.54 Å². The summed E-state index contributed by atoms with van der Waals surface area (Å²) in [6.07, 6.45) is 0. The average Bonchev–Trinajstić information content (AvgIpc) is 2.55. The molecular formula is C11H15ClN2O. The van der Waals surface area contributed by atoms with E-state index in [1.54, 1.807) is 0 Å². The Balaban J connectivity index is 0.00000112. The first kappa shape index (κ1) is 12.0. The van der Waals surface area contributed by atoms with Crippen molar-refractivity contribution in [3.63, 3.8) is 0 Å². The van der Waals surface area contributed by atoms with Gasteiger partial charge in [0.15, 0.2) is 0 Å². The Morgan fingerprint density at radius 3 is 2.80 bits per heavy atom.